The summed E-state index contributed by atoms with van der Waals surface area (Å²) in [5.41, 5.74) is 3.74. The van der Waals surface area contributed by atoms with E-state index in [1.165, 1.54) is 6.26 Å². The van der Waals surface area contributed by atoms with Crippen molar-refractivity contribution in [3.63, 3.8) is 0 Å². The van der Waals surface area contributed by atoms with Crippen LogP contribution in [0.3, 0.4) is 0 Å². The van der Waals surface area contributed by atoms with Crippen LogP contribution in [0.15, 0.2) is 41.3 Å². The molecule has 26 heavy (non-hydrogen) atoms. The maximum absolute atomic E-state index is 12.3. The molecule has 1 heterocycles. The molecule has 2 aromatic rings. The highest BCUT2D eigenvalue weighted by Gasteiger charge is 2.23. The van der Waals surface area contributed by atoms with Gasteiger partial charge in [-0.15, -0.1) is 0 Å². The number of sulfone groups is 1. The third-order valence-electron chi connectivity index (χ3n) is 5.04. The summed E-state index contributed by atoms with van der Waals surface area (Å²) in [5.74, 6) is 0. The number of halogens is 1. The van der Waals surface area contributed by atoms with Gasteiger partial charge in [0, 0.05) is 43.7 Å². The van der Waals surface area contributed by atoms with E-state index < -0.39 is 9.84 Å². The van der Waals surface area contributed by atoms with E-state index in [0.717, 1.165) is 55.1 Å². The zero-order valence-corrected chi connectivity index (χ0v) is 17.1. The monoisotopic (exact) mass is 392 g/mol. The van der Waals surface area contributed by atoms with Gasteiger partial charge >= 0.3 is 0 Å². The molecule has 2 aromatic carbocycles. The van der Waals surface area contributed by atoms with E-state index in [-0.39, 0.29) is 4.90 Å². The minimum Gasteiger partial charge on any atom is -0.369 e. The zero-order chi connectivity index (χ0) is 18.9. The molecule has 0 spiro atoms. The van der Waals surface area contributed by atoms with Crippen molar-refractivity contribution in [2.24, 2.45) is 0 Å². The average Bonchev–Trinajstić information content (AvgIpc) is 2.62. The number of hydrogen-bond acceptors (Lipinski definition) is 4. The molecule has 0 saturated carbocycles. The van der Waals surface area contributed by atoms with E-state index in [0.29, 0.717) is 5.02 Å². The molecule has 0 atom stereocenters. The van der Waals surface area contributed by atoms with Gasteiger partial charge in [0.25, 0.3) is 0 Å². The molecule has 0 bridgehead atoms. The van der Waals surface area contributed by atoms with Crippen molar-refractivity contribution in [1.29, 1.82) is 0 Å². The highest BCUT2D eigenvalue weighted by atomic mass is 35.5. The van der Waals surface area contributed by atoms with E-state index in [1.807, 2.05) is 37.3 Å². The van der Waals surface area contributed by atoms with Crippen molar-refractivity contribution < 1.29 is 8.42 Å². The Morgan fingerprint density at radius 3 is 2.27 bits per heavy atom. The summed E-state index contributed by atoms with van der Waals surface area (Å²) in [6.45, 7) is 8.93. The van der Waals surface area contributed by atoms with Crippen LogP contribution in [0.25, 0.3) is 11.1 Å². The van der Waals surface area contributed by atoms with Gasteiger partial charge in [0.05, 0.1) is 9.92 Å². The maximum atomic E-state index is 12.3. The van der Waals surface area contributed by atoms with E-state index in [1.54, 1.807) is 6.07 Å². The molecule has 0 radical (unpaired) electrons. The van der Waals surface area contributed by atoms with Crippen molar-refractivity contribution in [2.45, 2.75) is 18.7 Å². The van der Waals surface area contributed by atoms with Crippen LogP contribution in [0.2, 0.25) is 5.02 Å². The third kappa shape index (κ3) is 3.90. The van der Waals surface area contributed by atoms with Gasteiger partial charge in [-0.3, -0.25) is 0 Å². The Kier molecular flexibility index (Phi) is 5.61. The predicted molar refractivity (Wildman–Crippen MR) is 109 cm³/mol. The Hall–Kier alpha value is -1.56. The number of benzene rings is 2. The highest BCUT2D eigenvalue weighted by Crippen LogP contribution is 2.38. The second-order valence-electron chi connectivity index (χ2n) is 6.81. The second-order valence-corrected chi connectivity index (χ2v) is 9.18. The minimum absolute atomic E-state index is 0.202. The molecule has 1 saturated heterocycles. The minimum atomic E-state index is -3.42. The number of anilines is 1. The molecule has 0 aromatic heterocycles. The standard InChI is InChI=1S/C20H25ClN2O2S/c1-4-22-9-11-23(12-10-22)16-13-18(17-8-6-5-7-15(17)2)20(21)19(14-16)26(3,24)25/h5-8,13-14H,4,9-12H2,1-3H3. The quantitative estimate of drug-likeness (QED) is 0.792. The predicted octanol–water partition coefficient (Wildman–Crippen LogP) is 3.86. The van der Waals surface area contributed by atoms with Crippen LogP contribution in [0.1, 0.15) is 12.5 Å². The van der Waals surface area contributed by atoms with E-state index in [4.69, 9.17) is 11.6 Å². The van der Waals surface area contributed by atoms with E-state index in [9.17, 15) is 8.42 Å². The average molecular weight is 393 g/mol. The van der Waals surface area contributed by atoms with Gasteiger partial charge < -0.3 is 9.80 Å². The summed E-state index contributed by atoms with van der Waals surface area (Å²) < 4.78 is 24.7. The molecule has 1 aliphatic heterocycles. The lowest BCUT2D eigenvalue weighted by molar-refractivity contribution is 0.271. The van der Waals surface area contributed by atoms with Gasteiger partial charge in [-0.05, 0) is 36.7 Å². The first-order chi connectivity index (χ1) is 12.3. The summed E-state index contributed by atoms with van der Waals surface area (Å²) in [4.78, 5) is 4.85. The van der Waals surface area contributed by atoms with Gasteiger partial charge in [-0.25, -0.2) is 8.42 Å². The van der Waals surface area contributed by atoms with Crippen LogP contribution in [-0.4, -0.2) is 52.3 Å². The molecule has 0 amide bonds. The van der Waals surface area contributed by atoms with Gasteiger partial charge in [-0.2, -0.15) is 0 Å². The van der Waals surface area contributed by atoms with Gasteiger partial charge in [-0.1, -0.05) is 42.8 Å². The number of hydrogen-bond donors (Lipinski definition) is 0. The number of rotatable bonds is 4. The topological polar surface area (TPSA) is 40.6 Å². The molecule has 3 rings (SSSR count). The van der Waals surface area contributed by atoms with E-state index >= 15 is 0 Å². The Morgan fingerprint density at radius 2 is 1.69 bits per heavy atom. The lowest BCUT2D eigenvalue weighted by atomic mass is 9.99. The van der Waals surface area contributed by atoms with Crippen molar-refractivity contribution in [3.8, 4) is 11.1 Å². The number of piperazine rings is 1. The van der Waals surface area contributed by atoms with Gasteiger partial charge in [0.2, 0.25) is 0 Å². The molecule has 1 aliphatic rings. The molecular formula is C20H25ClN2O2S. The molecule has 1 fully saturated rings. The van der Waals surface area contributed by atoms with Crippen LogP contribution in [0, 0.1) is 6.92 Å². The maximum Gasteiger partial charge on any atom is 0.177 e. The molecule has 0 unspecified atom stereocenters. The van der Waals surface area contributed by atoms with Crippen LogP contribution in [0.5, 0.6) is 0 Å². The molecule has 4 nitrogen and oxygen atoms in total. The second kappa shape index (κ2) is 7.59. The summed E-state index contributed by atoms with van der Waals surface area (Å²) >= 11 is 6.55. The van der Waals surface area contributed by atoms with Crippen LogP contribution >= 0.6 is 11.6 Å². The number of aryl methyl sites for hydroxylation is 1. The van der Waals surface area contributed by atoms with Crippen molar-refractivity contribution in [1.82, 2.24) is 4.90 Å². The van der Waals surface area contributed by atoms with Crippen LogP contribution in [0.4, 0.5) is 5.69 Å². The first-order valence-electron chi connectivity index (χ1n) is 8.88. The normalized spacial score (nSPS) is 16.1. The van der Waals surface area contributed by atoms with Crippen LogP contribution in [-0.2, 0) is 9.84 Å². The molecule has 6 heteroatoms. The summed E-state index contributed by atoms with van der Waals surface area (Å²) in [7, 11) is -3.42. The summed E-state index contributed by atoms with van der Waals surface area (Å²) in [6, 6.07) is 11.7. The molecular weight excluding hydrogens is 368 g/mol. The summed E-state index contributed by atoms with van der Waals surface area (Å²) in [5, 5.41) is 0.303. The van der Waals surface area contributed by atoms with Crippen molar-refractivity contribution in [3.05, 3.63) is 47.0 Å². The number of nitrogens with zero attached hydrogens (tertiary/aromatic N) is 2. The number of likely N-dealkylation sites (N-methyl/N-ethyl adjacent to an activating group) is 1. The first-order valence-corrected chi connectivity index (χ1v) is 11.1. The smallest absolute Gasteiger partial charge is 0.177 e. The Bertz CT molecular complexity index is 904. The highest BCUT2D eigenvalue weighted by molar-refractivity contribution is 7.90. The lowest BCUT2D eigenvalue weighted by Gasteiger charge is -2.36. The zero-order valence-electron chi connectivity index (χ0n) is 15.5. The fraction of sp³-hybridized carbons (Fsp3) is 0.400. The SMILES string of the molecule is CCN1CCN(c2cc(-c3ccccc3C)c(Cl)c(S(C)(=O)=O)c2)CC1. The van der Waals surface area contributed by atoms with Gasteiger partial charge in [0.1, 0.15) is 0 Å². The largest absolute Gasteiger partial charge is 0.369 e. The lowest BCUT2D eigenvalue weighted by Crippen LogP contribution is -2.46. The van der Waals surface area contributed by atoms with Gasteiger partial charge in [0.15, 0.2) is 9.84 Å². The summed E-state index contributed by atoms with van der Waals surface area (Å²) in [6.07, 6.45) is 1.22. The molecule has 0 aliphatic carbocycles. The van der Waals surface area contributed by atoms with Crippen LogP contribution < -0.4 is 4.90 Å². The Labute approximate surface area is 161 Å². The third-order valence-corrected chi connectivity index (χ3v) is 6.68. The van der Waals surface area contributed by atoms with E-state index in [2.05, 4.69) is 16.7 Å². The van der Waals surface area contributed by atoms with Crippen molar-refractivity contribution >= 4 is 27.1 Å². The first kappa shape index (κ1) is 19.2. The fourth-order valence-electron chi connectivity index (χ4n) is 3.43. The Balaban J connectivity index is 2.12. The Morgan fingerprint density at radius 1 is 1.04 bits per heavy atom. The van der Waals surface area contributed by atoms with Crippen molar-refractivity contribution in [2.75, 3.05) is 43.9 Å². The fourth-order valence-corrected chi connectivity index (χ4v) is 4.83. The molecule has 140 valence electrons. The molecule has 0 N–H and O–H groups in total.